The molecule has 0 radical (unpaired) electrons. The number of unbranched alkanes of at least 4 members (excludes halogenated alkanes) is 3. The summed E-state index contributed by atoms with van der Waals surface area (Å²) in [7, 11) is 0. The number of rotatable bonds is 8. The molecule has 0 amide bonds. The summed E-state index contributed by atoms with van der Waals surface area (Å²) in [5.41, 5.74) is 7.15. The molecule has 0 aliphatic heterocycles. The fraction of sp³-hybridized carbons (Fsp3) is 0.600. The zero-order valence-corrected chi connectivity index (χ0v) is 11.5. The largest absolute Gasteiger partial charge is 0.330 e. The van der Waals surface area contributed by atoms with Crippen molar-refractivity contribution in [3.05, 3.63) is 34.9 Å². The highest BCUT2D eigenvalue weighted by Crippen LogP contribution is 2.18. The van der Waals surface area contributed by atoms with Crippen LogP contribution in [-0.2, 0) is 6.42 Å². The van der Waals surface area contributed by atoms with Crippen LogP contribution >= 0.6 is 11.6 Å². The van der Waals surface area contributed by atoms with E-state index in [0.29, 0.717) is 5.92 Å². The van der Waals surface area contributed by atoms with E-state index in [2.05, 4.69) is 19.1 Å². The second-order valence-corrected chi connectivity index (χ2v) is 5.22. The third kappa shape index (κ3) is 6.09. The molecule has 0 aliphatic carbocycles. The van der Waals surface area contributed by atoms with Crippen molar-refractivity contribution in [2.24, 2.45) is 11.7 Å². The molecule has 0 fully saturated rings. The zero-order chi connectivity index (χ0) is 12.5. The van der Waals surface area contributed by atoms with Gasteiger partial charge in [-0.15, -0.1) is 0 Å². The SMILES string of the molecule is CCCCCCC(CN)Cc1cccc(Cl)c1. The van der Waals surface area contributed by atoms with Gasteiger partial charge in [-0.2, -0.15) is 0 Å². The molecule has 0 saturated heterocycles. The van der Waals surface area contributed by atoms with Crippen LogP contribution in [0.2, 0.25) is 5.02 Å². The Hall–Kier alpha value is -0.530. The van der Waals surface area contributed by atoms with Crippen molar-refractivity contribution in [2.75, 3.05) is 6.54 Å². The summed E-state index contributed by atoms with van der Waals surface area (Å²) in [4.78, 5) is 0. The predicted octanol–water partition coefficient (Wildman–Crippen LogP) is 4.43. The highest BCUT2D eigenvalue weighted by Gasteiger charge is 2.07. The van der Waals surface area contributed by atoms with Gasteiger partial charge in [0.1, 0.15) is 0 Å². The highest BCUT2D eigenvalue weighted by molar-refractivity contribution is 6.30. The summed E-state index contributed by atoms with van der Waals surface area (Å²) in [5, 5.41) is 0.823. The monoisotopic (exact) mass is 253 g/mol. The molecule has 0 saturated carbocycles. The molecule has 1 atom stereocenters. The van der Waals surface area contributed by atoms with Gasteiger partial charge >= 0.3 is 0 Å². The van der Waals surface area contributed by atoms with E-state index >= 15 is 0 Å². The van der Waals surface area contributed by atoms with Crippen LogP contribution in [0.25, 0.3) is 0 Å². The third-order valence-corrected chi connectivity index (χ3v) is 3.45. The van der Waals surface area contributed by atoms with Crippen molar-refractivity contribution in [3.8, 4) is 0 Å². The van der Waals surface area contributed by atoms with Gasteiger partial charge < -0.3 is 5.73 Å². The van der Waals surface area contributed by atoms with Crippen LogP contribution in [0.1, 0.15) is 44.6 Å². The first-order chi connectivity index (χ1) is 8.26. The van der Waals surface area contributed by atoms with Gasteiger partial charge in [-0.3, -0.25) is 0 Å². The minimum absolute atomic E-state index is 0.602. The number of benzene rings is 1. The number of hydrogen-bond acceptors (Lipinski definition) is 1. The van der Waals surface area contributed by atoms with Crippen LogP contribution in [0, 0.1) is 5.92 Å². The lowest BCUT2D eigenvalue weighted by molar-refractivity contribution is 0.460. The van der Waals surface area contributed by atoms with Crippen molar-refractivity contribution in [2.45, 2.75) is 45.4 Å². The number of halogens is 1. The molecule has 1 rings (SSSR count). The molecule has 1 unspecified atom stereocenters. The lowest BCUT2D eigenvalue weighted by atomic mass is 9.94. The molecule has 0 bridgehead atoms. The normalized spacial score (nSPS) is 12.6. The maximum atomic E-state index is 5.99. The molecular weight excluding hydrogens is 230 g/mol. The lowest BCUT2D eigenvalue weighted by Crippen LogP contribution is -2.16. The topological polar surface area (TPSA) is 26.0 Å². The molecule has 1 aromatic rings. The Labute approximate surface area is 110 Å². The predicted molar refractivity (Wildman–Crippen MR) is 76.5 cm³/mol. The average molecular weight is 254 g/mol. The molecule has 17 heavy (non-hydrogen) atoms. The Morgan fingerprint density at radius 3 is 2.71 bits per heavy atom. The van der Waals surface area contributed by atoms with Gasteiger partial charge in [0.15, 0.2) is 0 Å². The third-order valence-electron chi connectivity index (χ3n) is 3.21. The molecule has 0 aliphatic rings. The van der Waals surface area contributed by atoms with E-state index in [4.69, 9.17) is 17.3 Å². The molecule has 0 heterocycles. The maximum Gasteiger partial charge on any atom is 0.0408 e. The van der Waals surface area contributed by atoms with Crippen LogP contribution < -0.4 is 5.73 Å². The fourth-order valence-corrected chi connectivity index (χ4v) is 2.37. The Kier molecular flexibility index (Phi) is 7.30. The van der Waals surface area contributed by atoms with Crippen LogP contribution in [-0.4, -0.2) is 6.54 Å². The van der Waals surface area contributed by atoms with Crippen LogP contribution in [0.3, 0.4) is 0 Å². The summed E-state index contributed by atoms with van der Waals surface area (Å²) < 4.78 is 0. The quantitative estimate of drug-likeness (QED) is 0.682. The van der Waals surface area contributed by atoms with Crippen LogP contribution in [0.4, 0.5) is 0 Å². The minimum atomic E-state index is 0.602. The lowest BCUT2D eigenvalue weighted by Gasteiger charge is -2.14. The smallest absolute Gasteiger partial charge is 0.0408 e. The first-order valence-electron chi connectivity index (χ1n) is 6.70. The molecule has 2 N–H and O–H groups in total. The van der Waals surface area contributed by atoms with E-state index in [1.165, 1.54) is 37.7 Å². The first kappa shape index (κ1) is 14.5. The molecule has 0 aromatic heterocycles. The number of nitrogens with two attached hydrogens (primary N) is 1. The van der Waals surface area contributed by atoms with Crippen LogP contribution in [0.5, 0.6) is 0 Å². The first-order valence-corrected chi connectivity index (χ1v) is 7.08. The van der Waals surface area contributed by atoms with Gasteiger partial charge in [0.05, 0.1) is 0 Å². The summed E-state index contributed by atoms with van der Waals surface area (Å²) >= 11 is 5.99. The van der Waals surface area contributed by atoms with Gasteiger partial charge in [0, 0.05) is 5.02 Å². The molecular formula is C15H24ClN. The van der Waals surface area contributed by atoms with E-state index < -0.39 is 0 Å². The Morgan fingerprint density at radius 2 is 2.06 bits per heavy atom. The van der Waals surface area contributed by atoms with E-state index in [1.54, 1.807) is 0 Å². The van der Waals surface area contributed by atoms with Gasteiger partial charge in [-0.1, -0.05) is 56.3 Å². The fourth-order valence-electron chi connectivity index (χ4n) is 2.16. The second kappa shape index (κ2) is 8.54. The van der Waals surface area contributed by atoms with Gasteiger partial charge in [0.25, 0.3) is 0 Å². The summed E-state index contributed by atoms with van der Waals surface area (Å²) in [6.07, 6.45) is 7.57. The summed E-state index contributed by atoms with van der Waals surface area (Å²) in [6.45, 7) is 3.02. The Bertz CT molecular complexity index is 312. The standard InChI is InChI=1S/C15H24ClN/c1-2-3-4-5-7-14(12-17)10-13-8-6-9-15(16)11-13/h6,8-9,11,14H,2-5,7,10,12,17H2,1H3. The molecule has 1 nitrogen and oxygen atoms in total. The van der Waals surface area contributed by atoms with Crippen molar-refractivity contribution in [1.82, 2.24) is 0 Å². The van der Waals surface area contributed by atoms with Crippen molar-refractivity contribution in [1.29, 1.82) is 0 Å². The van der Waals surface area contributed by atoms with Gasteiger partial charge in [0.2, 0.25) is 0 Å². The molecule has 2 heteroatoms. The zero-order valence-electron chi connectivity index (χ0n) is 10.8. The van der Waals surface area contributed by atoms with E-state index in [0.717, 1.165) is 18.0 Å². The van der Waals surface area contributed by atoms with Crippen molar-refractivity contribution < 1.29 is 0 Å². The maximum absolute atomic E-state index is 5.99. The molecule has 1 aromatic carbocycles. The Balaban J connectivity index is 2.35. The summed E-state index contributed by atoms with van der Waals surface area (Å²) in [6, 6.07) is 8.13. The number of hydrogen-bond donors (Lipinski definition) is 1. The van der Waals surface area contributed by atoms with E-state index in [9.17, 15) is 0 Å². The summed E-state index contributed by atoms with van der Waals surface area (Å²) in [5.74, 6) is 0.602. The highest BCUT2D eigenvalue weighted by atomic mass is 35.5. The average Bonchev–Trinajstić information content (AvgIpc) is 2.33. The van der Waals surface area contributed by atoms with E-state index in [1.807, 2.05) is 12.1 Å². The van der Waals surface area contributed by atoms with Gasteiger partial charge in [-0.25, -0.2) is 0 Å². The van der Waals surface area contributed by atoms with Crippen LogP contribution in [0.15, 0.2) is 24.3 Å². The second-order valence-electron chi connectivity index (χ2n) is 4.79. The van der Waals surface area contributed by atoms with Crippen molar-refractivity contribution >= 4 is 11.6 Å². The molecule has 0 spiro atoms. The van der Waals surface area contributed by atoms with Crippen molar-refractivity contribution in [3.63, 3.8) is 0 Å². The van der Waals surface area contributed by atoms with E-state index in [-0.39, 0.29) is 0 Å². The van der Waals surface area contributed by atoms with Gasteiger partial charge in [-0.05, 0) is 43.0 Å². The molecule has 96 valence electrons. The Morgan fingerprint density at radius 1 is 1.24 bits per heavy atom. The minimum Gasteiger partial charge on any atom is -0.330 e.